The molecule has 0 atom stereocenters. The van der Waals surface area contributed by atoms with Crippen LogP contribution >= 0.6 is 0 Å². The number of para-hydroxylation sites is 1. The minimum atomic E-state index is -0.251. The largest absolute Gasteiger partial charge is 0.508 e. The lowest BCUT2D eigenvalue weighted by Gasteiger charge is -2.36. The van der Waals surface area contributed by atoms with Crippen LogP contribution in [0, 0.1) is 0 Å². The molecule has 0 radical (unpaired) electrons. The Hall–Kier alpha value is -2.73. The third kappa shape index (κ3) is 6.12. The van der Waals surface area contributed by atoms with E-state index in [-0.39, 0.29) is 11.7 Å². The lowest BCUT2D eigenvalue weighted by Crippen LogP contribution is -2.47. The van der Waals surface area contributed by atoms with E-state index in [4.69, 9.17) is 9.47 Å². The SMILES string of the molecule is CCOC(=O)c1ccccc1N1CCN(CCCCOc2ccc(O)cc2)CC1. The number of phenolic OH excluding ortho intramolecular Hbond substituents is 1. The number of unbranched alkanes of at least 4 members (excludes halogenated alkanes) is 1. The summed E-state index contributed by atoms with van der Waals surface area (Å²) >= 11 is 0. The average Bonchev–Trinajstić information content (AvgIpc) is 2.75. The number of nitrogens with zero attached hydrogens (tertiary/aromatic N) is 2. The van der Waals surface area contributed by atoms with Crippen molar-refractivity contribution in [3.63, 3.8) is 0 Å². The fourth-order valence-electron chi connectivity index (χ4n) is 3.51. The number of ether oxygens (including phenoxy) is 2. The summed E-state index contributed by atoms with van der Waals surface area (Å²) in [6.45, 7) is 7.71. The maximum Gasteiger partial charge on any atom is 0.340 e. The van der Waals surface area contributed by atoms with Crippen LogP contribution in [0.1, 0.15) is 30.1 Å². The quantitative estimate of drug-likeness (QED) is 0.515. The van der Waals surface area contributed by atoms with Crippen LogP contribution in [0.15, 0.2) is 48.5 Å². The van der Waals surface area contributed by atoms with Gasteiger partial charge in [-0.05, 0) is 62.7 Å². The molecule has 0 unspecified atom stereocenters. The molecule has 0 bridgehead atoms. The Balaban J connectivity index is 1.38. The van der Waals surface area contributed by atoms with Gasteiger partial charge in [0.15, 0.2) is 0 Å². The highest BCUT2D eigenvalue weighted by molar-refractivity contribution is 5.95. The number of hydrogen-bond acceptors (Lipinski definition) is 6. The Kier molecular flexibility index (Phi) is 7.76. The molecule has 2 aromatic rings. The second-order valence-electron chi connectivity index (χ2n) is 7.12. The zero-order chi connectivity index (χ0) is 20.5. The summed E-state index contributed by atoms with van der Waals surface area (Å²) in [5.74, 6) is 0.789. The molecule has 1 aliphatic rings. The van der Waals surface area contributed by atoms with Gasteiger partial charge in [0.25, 0.3) is 0 Å². The van der Waals surface area contributed by atoms with Crippen LogP contribution in [0.25, 0.3) is 0 Å². The summed E-state index contributed by atoms with van der Waals surface area (Å²) in [6.07, 6.45) is 2.07. The summed E-state index contributed by atoms with van der Waals surface area (Å²) in [5, 5.41) is 9.28. The fourth-order valence-corrected chi connectivity index (χ4v) is 3.51. The molecule has 2 aromatic carbocycles. The van der Waals surface area contributed by atoms with Gasteiger partial charge in [0.05, 0.1) is 24.5 Å². The van der Waals surface area contributed by atoms with E-state index in [1.165, 1.54) is 0 Å². The highest BCUT2D eigenvalue weighted by atomic mass is 16.5. The molecule has 0 saturated carbocycles. The van der Waals surface area contributed by atoms with Crippen LogP contribution in [-0.4, -0.2) is 61.9 Å². The predicted molar refractivity (Wildman–Crippen MR) is 114 cm³/mol. The third-order valence-electron chi connectivity index (χ3n) is 5.09. The van der Waals surface area contributed by atoms with Crippen LogP contribution in [0.2, 0.25) is 0 Å². The van der Waals surface area contributed by atoms with E-state index in [9.17, 15) is 9.90 Å². The minimum absolute atomic E-state index is 0.251. The Morgan fingerprint density at radius 3 is 2.45 bits per heavy atom. The number of hydrogen-bond donors (Lipinski definition) is 1. The van der Waals surface area contributed by atoms with Gasteiger partial charge < -0.3 is 19.5 Å². The molecular formula is C23H30N2O4. The van der Waals surface area contributed by atoms with Crippen molar-refractivity contribution >= 4 is 11.7 Å². The molecule has 29 heavy (non-hydrogen) atoms. The van der Waals surface area contributed by atoms with E-state index in [2.05, 4.69) is 9.80 Å². The number of piperazine rings is 1. The first-order valence-electron chi connectivity index (χ1n) is 10.3. The maximum atomic E-state index is 12.2. The van der Waals surface area contributed by atoms with E-state index in [1.54, 1.807) is 24.3 Å². The highest BCUT2D eigenvalue weighted by Gasteiger charge is 2.21. The molecule has 156 valence electrons. The first-order chi connectivity index (χ1) is 14.2. The van der Waals surface area contributed by atoms with E-state index in [0.29, 0.717) is 18.8 Å². The first-order valence-corrected chi connectivity index (χ1v) is 10.3. The molecule has 0 amide bonds. The number of phenols is 1. The number of carbonyl (C=O) groups excluding carboxylic acids is 1. The van der Waals surface area contributed by atoms with Crippen molar-refractivity contribution in [2.45, 2.75) is 19.8 Å². The zero-order valence-corrected chi connectivity index (χ0v) is 17.0. The average molecular weight is 399 g/mol. The summed E-state index contributed by atoms with van der Waals surface area (Å²) < 4.78 is 10.9. The van der Waals surface area contributed by atoms with Gasteiger partial charge in [-0.25, -0.2) is 4.79 Å². The summed E-state index contributed by atoms with van der Waals surface area (Å²) in [6, 6.07) is 14.5. The molecule has 3 rings (SSSR count). The number of anilines is 1. The number of rotatable bonds is 9. The van der Waals surface area contributed by atoms with Gasteiger partial charge in [-0.15, -0.1) is 0 Å². The van der Waals surface area contributed by atoms with Crippen molar-refractivity contribution in [1.82, 2.24) is 4.90 Å². The van der Waals surface area contributed by atoms with Crippen LogP contribution < -0.4 is 9.64 Å². The van der Waals surface area contributed by atoms with Crippen LogP contribution in [0.4, 0.5) is 5.69 Å². The van der Waals surface area contributed by atoms with Gasteiger partial charge in [0.1, 0.15) is 11.5 Å². The molecule has 1 aliphatic heterocycles. The second kappa shape index (κ2) is 10.7. The lowest BCUT2D eigenvalue weighted by molar-refractivity contribution is 0.0527. The Morgan fingerprint density at radius 1 is 1.00 bits per heavy atom. The maximum absolute atomic E-state index is 12.2. The predicted octanol–water partition coefficient (Wildman–Crippen LogP) is 3.55. The standard InChI is InChI=1S/C23H30N2O4/c1-2-28-23(27)21-7-3-4-8-22(21)25-16-14-24(15-17-25)13-5-6-18-29-20-11-9-19(26)10-12-20/h3-4,7-12,26H,2,5-6,13-18H2,1H3. The van der Waals surface area contributed by atoms with E-state index in [0.717, 1.165) is 57.0 Å². The summed E-state index contributed by atoms with van der Waals surface area (Å²) in [4.78, 5) is 16.9. The normalized spacial score (nSPS) is 14.6. The van der Waals surface area contributed by atoms with Crippen molar-refractivity contribution in [2.24, 2.45) is 0 Å². The van der Waals surface area contributed by atoms with Crippen LogP contribution in [0.5, 0.6) is 11.5 Å². The van der Waals surface area contributed by atoms with Gasteiger partial charge in [0.2, 0.25) is 0 Å². The number of benzene rings is 2. The molecule has 1 fully saturated rings. The van der Waals surface area contributed by atoms with Crippen LogP contribution in [0.3, 0.4) is 0 Å². The first kappa shape index (κ1) is 21.0. The summed E-state index contributed by atoms with van der Waals surface area (Å²) in [7, 11) is 0. The third-order valence-corrected chi connectivity index (χ3v) is 5.09. The number of esters is 1. The molecule has 1 heterocycles. The highest BCUT2D eigenvalue weighted by Crippen LogP contribution is 2.23. The fraction of sp³-hybridized carbons (Fsp3) is 0.435. The molecule has 0 spiro atoms. The molecule has 6 nitrogen and oxygen atoms in total. The number of aromatic hydroxyl groups is 1. The minimum Gasteiger partial charge on any atom is -0.508 e. The molecule has 1 N–H and O–H groups in total. The molecular weight excluding hydrogens is 368 g/mol. The van der Waals surface area contributed by atoms with Gasteiger partial charge in [-0.1, -0.05) is 12.1 Å². The lowest BCUT2D eigenvalue weighted by atomic mass is 10.1. The van der Waals surface area contributed by atoms with Crippen LogP contribution in [-0.2, 0) is 4.74 Å². The van der Waals surface area contributed by atoms with Crippen molar-refractivity contribution in [2.75, 3.05) is 50.8 Å². The van der Waals surface area contributed by atoms with E-state index in [1.807, 2.05) is 31.2 Å². The summed E-state index contributed by atoms with van der Waals surface area (Å²) in [5.41, 5.74) is 1.61. The van der Waals surface area contributed by atoms with E-state index < -0.39 is 0 Å². The van der Waals surface area contributed by atoms with Gasteiger partial charge >= 0.3 is 5.97 Å². The van der Waals surface area contributed by atoms with Crippen molar-refractivity contribution < 1.29 is 19.4 Å². The topological polar surface area (TPSA) is 62.2 Å². The molecule has 0 aromatic heterocycles. The van der Waals surface area contributed by atoms with Gasteiger partial charge in [-0.2, -0.15) is 0 Å². The van der Waals surface area contributed by atoms with E-state index >= 15 is 0 Å². The Bertz CT molecular complexity index is 771. The molecule has 1 saturated heterocycles. The monoisotopic (exact) mass is 398 g/mol. The van der Waals surface area contributed by atoms with Crippen molar-refractivity contribution in [3.05, 3.63) is 54.1 Å². The van der Waals surface area contributed by atoms with Crippen molar-refractivity contribution in [3.8, 4) is 11.5 Å². The zero-order valence-electron chi connectivity index (χ0n) is 17.0. The Morgan fingerprint density at radius 2 is 1.72 bits per heavy atom. The second-order valence-corrected chi connectivity index (χ2v) is 7.12. The Labute approximate surface area is 172 Å². The smallest absolute Gasteiger partial charge is 0.340 e. The molecule has 0 aliphatic carbocycles. The van der Waals surface area contributed by atoms with Gasteiger partial charge in [-0.3, -0.25) is 4.90 Å². The van der Waals surface area contributed by atoms with Crippen molar-refractivity contribution in [1.29, 1.82) is 0 Å². The van der Waals surface area contributed by atoms with Gasteiger partial charge in [0, 0.05) is 26.2 Å². The molecule has 6 heteroatoms. The number of carbonyl (C=O) groups is 1.